The van der Waals surface area contributed by atoms with Crippen molar-refractivity contribution in [1.82, 2.24) is 0 Å². The summed E-state index contributed by atoms with van der Waals surface area (Å²) in [4.78, 5) is 24.7. The molecule has 16 heavy (non-hydrogen) atoms. The molecule has 1 saturated carbocycles. The highest BCUT2D eigenvalue weighted by Crippen LogP contribution is 2.49. The average Bonchev–Trinajstić information content (AvgIpc) is 2.98. The van der Waals surface area contributed by atoms with E-state index in [1.54, 1.807) is 0 Å². The third kappa shape index (κ3) is 1.24. The lowest BCUT2D eigenvalue weighted by atomic mass is 10.2. The Morgan fingerprint density at radius 3 is 2.50 bits per heavy atom. The van der Waals surface area contributed by atoms with E-state index in [0.717, 1.165) is 4.90 Å². The molecule has 1 aliphatic heterocycles. The van der Waals surface area contributed by atoms with Gasteiger partial charge in [0, 0.05) is 4.47 Å². The molecule has 2 aliphatic rings. The van der Waals surface area contributed by atoms with E-state index in [1.807, 2.05) is 0 Å². The average molecular weight is 284 g/mol. The SMILES string of the molecule is O=C1C2CC2C(=O)N1c1cc(F)ccc1Br. The molecular formula is C11H7BrFNO2. The molecule has 5 heteroatoms. The third-order valence-corrected chi connectivity index (χ3v) is 3.69. The van der Waals surface area contributed by atoms with E-state index in [0.29, 0.717) is 16.6 Å². The van der Waals surface area contributed by atoms with Crippen molar-refractivity contribution in [2.75, 3.05) is 4.90 Å². The predicted molar refractivity (Wildman–Crippen MR) is 58.2 cm³/mol. The fourth-order valence-corrected chi connectivity index (χ4v) is 2.50. The van der Waals surface area contributed by atoms with E-state index in [1.165, 1.54) is 18.2 Å². The summed E-state index contributed by atoms with van der Waals surface area (Å²) < 4.78 is 13.6. The molecule has 1 aromatic rings. The number of halogens is 2. The van der Waals surface area contributed by atoms with Crippen molar-refractivity contribution in [2.24, 2.45) is 11.8 Å². The number of anilines is 1. The number of carbonyl (C=O) groups excluding carboxylic acids is 2. The molecule has 1 aromatic carbocycles. The van der Waals surface area contributed by atoms with Crippen LogP contribution in [0.25, 0.3) is 0 Å². The second kappa shape index (κ2) is 3.13. The van der Waals surface area contributed by atoms with E-state index in [-0.39, 0.29) is 23.7 Å². The highest BCUT2D eigenvalue weighted by atomic mass is 79.9. The molecule has 1 saturated heterocycles. The lowest BCUT2D eigenvalue weighted by Crippen LogP contribution is -2.33. The van der Waals surface area contributed by atoms with Gasteiger partial charge in [-0.1, -0.05) is 0 Å². The van der Waals surface area contributed by atoms with Crippen LogP contribution in [0.1, 0.15) is 6.42 Å². The van der Waals surface area contributed by atoms with Crippen molar-refractivity contribution in [3.63, 3.8) is 0 Å². The van der Waals surface area contributed by atoms with E-state index >= 15 is 0 Å². The molecule has 3 nitrogen and oxygen atoms in total. The molecule has 2 atom stereocenters. The van der Waals surface area contributed by atoms with Crippen molar-refractivity contribution in [3.05, 3.63) is 28.5 Å². The monoisotopic (exact) mass is 283 g/mol. The summed E-state index contributed by atoms with van der Waals surface area (Å²) in [6.07, 6.45) is 0.654. The molecule has 0 radical (unpaired) electrons. The van der Waals surface area contributed by atoms with Gasteiger partial charge in [0.25, 0.3) is 0 Å². The third-order valence-electron chi connectivity index (χ3n) is 3.01. The van der Waals surface area contributed by atoms with Crippen LogP contribution >= 0.6 is 15.9 Å². The lowest BCUT2D eigenvalue weighted by molar-refractivity contribution is -0.123. The second-order valence-electron chi connectivity index (χ2n) is 4.06. The number of fused-ring (bicyclic) bond motifs is 1. The summed E-state index contributed by atoms with van der Waals surface area (Å²) in [5.41, 5.74) is 0.308. The molecule has 2 fully saturated rings. The Bertz CT molecular complexity index is 497. The van der Waals surface area contributed by atoms with Crippen molar-refractivity contribution in [3.8, 4) is 0 Å². The quantitative estimate of drug-likeness (QED) is 0.741. The highest BCUT2D eigenvalue weighted by Gasteiger charge is 2.59. The van der Waals surface area contributed by atoms with E-state index in [9.17, 15) is 14.0 Å². The number of amides is 2. The van der Waals surface area contributed by atoms with Crippen LogP contribution in [0.3, 0.4) is 0 Å². The van der Waals surface area contributed by atoms with Gasteiger partial charge in [0.15, 0.2) is 0 Å². The van der Waals surface area contributed by atoms with Crippen molar-refractivity contribution in [1.29, 1.82) is 0 Å². The van der Waals surface area contributed by atoms with E-state index in [4.69, 9.17) is 0 Å². The Morgan fingerprint density at radius 2 is 1.88 bits per heavy atom. The van der Waals surface area contributed by atoms with Gasteiger partial charge in [-0.25, -0.2) is 9.29 Å². The fraction of sp³-hybridized carbons (Fsp3) is 0.273. The molecule has 1 heterocycles. The van der Waals surface area contributed by atoms with Gasteiger partial charge < -0.3 is 0 Å². The van der Waals surface area contributed by atoms with Crippen LogP contribution in [0.5, 0.6) is 0 Å². The van der Waals surface area contributed by atoms with Crippen LogP contribution in [-0.4, -0.2) is 11.8 Å². The Balaban J connectivity index is 2.07. The van der Waals surface area contributed by atoms with Gasteiger partial charge in [0.05, 0.1) is 17.5 Å². The predicted octanol–water partition coefficient (Wildman–Crippen LogP) is 2.10. The highest BCUT2D eigenvalue weighted by molar-refractivity contribution is 9.10. The van der Waals surface area contributed by atoms with Crippen LogP contribution in [0.4, 0.5) is 10.1 Å². The number of carbonyl (C=O) groups is 2. The minimum Gasteiger partial charge on any atom is -0.274 e. The first-order valence-corrected chi connectivity index (χ1v) is 5.72. The number of hydrogen-bond acceptors (Lipinski definition) is 2. The normalized spacial score (nSPS) is 27.2. The number of rotatable bonds is 1. The molecular weight excluding hydrogens is 277 g/mol. The zero-order chi connectivity index (χ0) is 11.4. The lowest BCUT2D eigenvalue weighted by Gasteiger charge is -2.17. The summed E-state index contributed by atoms with van der Waals surface area (Å²) in [6, 6.07) is 3.97. The Hall–Kier alpha value is -1.23. The number of imide groups is 1. The number of nitrogens with zero attached hydrogens (tertiary/aromatic N) is 1. The maximum absolute atomic E-state index is 13.1. The number of benzene rings is 1. The first-order chi connectivity index (χ1) is 7.59. The number of hydrogen-bond donors (Lipinski definition) is 0. The van der Waals surface area contributed by atoms with Gasteiger partial charge >= 0.3 is 0 Å². The maximum atomic E-state index is 13.1. The van der Waals surface area contributed by atoms with Crippen molar-refractivity contribution >= 4 is 33.4 Å². The van der Waals surface area contributed by atoms with Crippen molar-refractivity contribution in [2.45, 2.75) is 6.42 Å². The topological polar surface area (TPSA) is 37.4 Å². The van der Waals surface area contributed by atoms with Gasteiger partial charge in [-0.05, 0) is 40.5 Å². The smallest absolute Gasteiger partial charge is 0.237 e. The minimum absolute atomic E-state index is 0.164. The molecule has 1 aliphatic carbocycles. The molecule has 82 valence electrons. The summed E-state index contributed by atoms with van der Waals surface area (Å²) in [5.74, 6) is -1.20. The van der Waals surface area contributed by atoms with Gasteiger partial charge in [0.2, 0.25) is 11.8 Å². The minimum atomic E-state index is -0.459. The molecule has 0 aromatic heterocycles. The molecule has 0 spiro atoms. The summed E-state index contributed by atoms with van der Waals surface area (Å²) in [7, 11) is 0. The van der Waals surface area contributed by atoms with Crippen LogP contribution in [-0.2, 0) is 9.59 Å². The molecule has 0 bridgehead atoms. The van der Waals surface area contributed by atoms with Crippen molar-refractivity contribution < 1.29 is 14.0 Å². The van der Waals surface area contributed by atoms with Gasteiger partial charge in [-0.15, -0.1) is 0 Å². The van der Waals surface area contributed by atoms with Gasteiger partial charge in [-0.2, -0.15) is 0 Å². The summed E-state index contributed by atoms with van der Waals surface area (Å²) in [6.45, 7) is 0. The van der Waals surface area contributed by atoms with Gasteiger partial charge in [-0.3, -0.25) is 9.59 Å². The second-order valence-corrected chi connectivity index (χ2v) is 4.91. The Labute approximate surface area is 99.4 Å². The first-order valence-electron chi connectivity index (χ1n) is 4.92. The van der Waals surface area contributed by atoms with E-state index < -0.39 is 5.82 Å². The maximum Gasteiger partial charge on any atom is 0.237 e. The van der Waals surface area contributed by atoms with Crippen LogP contribution in [0, 0.1) is 17.7 Å². The van der Waals surface area contributed by atoms with Crippen LogP contribution in [0.15, 0.2) is 22.7 Å². The molecule has 2 unspecified atom stereocenters. The first kappa shape index (κ1) is 9.96. The zero-order valence-electron chi connectivity index (χ0n) is 8.11. The fourth-order valence-electron chi connectivity index (χ4n) is 2.08. The summed E-state index contributed by atoms with van der Waals surface area (Å²) >= 11 is 3.22. The Kier molecular flexibility index (Phi) is 1.95. The standard InChI is InChI=1S/C11H7BrFNO2/c12-8-2-1-5(13)3-9(8)14-10(15)6-4-7(6)11(14)16/h1-3,6-7H,4H2. The molecule has 3 rings (SSSR count). The molecule has 2 amide bonds. The Morgan fingerprint density at radius 1 is 1.25 bits per heavy atom. The van der Waals surface area contributed by atoms with Crippen LogP contribution < -0.4 is 4.90 Å². The van der Waals surface area contributed by atoms with Gasteiger partial charge in [0.1, 0.15) is 5.82 Å². The zero-order valence-corrected chi connectivity index (χ0v) is 9.70. The molecule has 0 N–H and O–H groups in total. The number of piperidine rings is 1. The largest absolute Gasteiger partial charge is 0.274 e. The van der Waals surface area contributed by atoms with E-state index in [2.05, 4.69) is 15.9 Å². The summed E-state index contributed by atoms with van der Waals surface area (Å²) in [5, 5.41) is 0. The van der Waals surface area contributed by atoms with Crippen LogP contribution in [0.2, 0.25) is 0 Å².